The highest BCUT2D eigenvalue weighted by Gasteiger charge is 2.09. The number of benzene rings is 2. The SMILES string of the molecule is Cn1nnc2ccc(Oc3ccc(Cl)cc3Cn3cncn3)cc21. The third-order valence-electron chi connectivity index (χ3n) is 3.63. The van der Waals surface area contributed by atoms with Gasteiger partial charge in [-0.3, -0.25) is 0 Å². The Balaban J connectivity index is 1.68. The minimum Gasteiger partial charge on any atom is -0.457 e. The summed E-state index contributed by atoms with van der Waals surface area (Å²) in [6.07, 6.45) is 3.15. The van der Waals surface area contributed by atoms with Gasteiger partial charge < -0.3 is 4.74 Å². The summed E-state index contributed by atoms with van der Waals surface area (Å²) >= 11 is 6.12. The summed E-state index contributed by atoms with van der Waals surface area (Å²) in [7, 11) is 1.84. The van der Waals surface area contributed by atoms with Crippen LogP contribution in [0.15, 0.2) is 49.1 Å². The standard InChI is InChI=1S/C16H13ClN6O/c1-22-15-7-13(3-4-14(15)20-21-22)24-16-5-2-12(17)6-11(16)8-23-10-18-9-19-23/h2-7,9-10H,8H2,1H3. The molecule has 0 spiro atoms. The molecule has 0 atom stereocenters. The van der Waals surface area contributed by atoms with Crippen molar-refractivity contribution in [2.45, 2.75) is 6.54 Å². The molecule has 2 heterocycles. The van der Waals surface area contributed by atoms with E-state index in [1.54, 1.807) is 21.8 Å². The lowest BCUT2D eigenvalue weighted by molar-refractivity contribution is 0.472. The highest BCUT2D eigenvalue weighted by molar-refractivity contribution is 6.30. The molecule has 2 aromatic carbocycles. The zero-order valence-electron chi connectivity index (χ0n) is 12.8. The first kappa shape index (κ1) is 14.6. The molecule has 0 N–H and O–H groups in total. The van der Waals surface area contributed by atoms with Crippen LogP contribution in [0.5, 0.6) is 11.5 Å². The van der Waals surface area contributed by atoms with Crippen LogP contribution in [0.25, 0.3) is 11.0 Å². The fourth-order valence-corrected chi connectivity index (χ4v) is 2.66. The van der Waals surface area contributed by atoms with Crippen molar-refractivity contribution in [3.63, 3.8) is 0 Å². The second-order valence-electron chi connectivity index (χ2n) is 5.31. The van der Waals surface area contributed by atoms with Crippen LogP contribution in [-0.4, -0.2) is 29.8 Å². The molecule has 8 heteroatoms. The molecule has 0 fully saturated rings. The van der Waals surface area contributed by atoms with Crippen LogP contribution in [0.3, 0.4) is 0 Å². The Hall–Kier alpha value is -2.93. The molecule has 0 saturated carbocycles. The number of aromatic nitrogens is 6. The lowest BCUT2D eigenvalue weighted by Crippen LogP contribution is -2.02. The van der Waals surface area contributed by atoms with E-state index >= 15 is 0 Å². The van der Waals surface area contributed by atoms with E-state index in [2.05, 4.69) is 20.4 Å². The average Bonchev–Trinajstić information content (AvgIpc) is 3.21. The third kappa shape index (κ3) is 2.81. The first-order chi connectivity index (χ1) is 11.7. The molecule has 120 valence electrons. The van der Waals surface area contributed by atoms with Crippen molar-refractivity contribution in [2.24, 2.45) is 7.05 Å². The number of hydrogen-bond acceptors (Lipinski definition) is 5. The van der Waals surface area contributed by atoms with E-state index < -0.39 is 0 Å². The summed E-state index contributed by atoms with van der Waals surface area (Å²) in [6, 6.07) is 11.2. The summed E-state index contributed by atoms with van der Waals surface area (Å²) in [5.41, 5.74) is 2.64. The van der Waals surface area contributed by atoms with Crippen molar-refractivity contribution < 1.29 is 4.74 Å². The van der Waals surface area contributed by atoms with Crippen molar-refractivity contribution in [2.75, 3.05) is 0 Å². The van der Waals surface area contributed by atoms with Crippen molar-refractivity contribution in [3.05, 3.63) is 59.6 Å². The summed E-state index contributed by atoms with van der Waals surface area (Å²) in [5.74, 6) is 1.42. The quantitative estimate of drug-likeness (QED) is 0.571. The van der Waals surface area contributed by atoms with Crippen LogP contribution in [-0.2, 0) is 13.6 Å². The lowest BCUT2D eigenvalue weighted by atomic mass is 10.2. The Labute approximate surface area is 142 Å². The zero-order valence-corrected chi connectivity index (χ0v) is 13.6. The number of halogens is 1. The van der Waals surface area contributed by atoms with Gasteiger partial charge in [-0.25, -0.2) is 14.3 Å². The highest BCUT2D eigenvalue weighted by Crippen LogP contribution is 2.30. The monoisotopic (exact) mass is 340 g/mol. The van der Waals surface area contributed by atoms with Gasteiger partial charge in [-0.05, 0) is 30.3 Å². The fraction of sp³-hybridized carbons (Fsp3) is 0.125. The molecule has 2 aromatic heterocycles. The van der Waals surface area contributed by atoms with Crippen LogP contribution in [0.1, 0.15) is 5.56 Å². The molecule has 7 nitrogen and oxygen atoms in total. The lowest BCUT2D eigenvalue weighted by Gasteiger charge is -2.12. The predicted molar refractivity (Wildman–Crippen MR) is 89.2 cm³/mol. The van der Waals surface area contributed by atoms with Gasteiger partial charge in [-0.15, -0.1) is 5.10 Å². The fourth-order valence-electron chi connectivity index (χ4n) is 2.46. The van der Waals surface area contributed by atoms with E-state index in [1.807, 2.05) is 37.4 Å². The smallest absolute Gasteiger partial charge is 0.137 e. The summed E-state index contributed by atoms with van der Waals surface area (Å²) in [5, 5.41) is 12.8. The van der Waals surface area contributed by atoms with Crippen LogP contribution >= 0.6 is 11.6 Å². The summed E-state index contributed by atoms with van der Waals surface area (Å²) < 4.78 is 9.48. The molecular weight excluding hydrogens is 328 g/mol. The van der Waals surface area contributed by atoms with Gasteiger partial charge in [-0.2, -0.15) is 5.10 Å². The summed E-state index contributed by atoms with van der Waals surface area (Å²) in [4.78, 5) is 3.95. The molecule has 0 amide bonds. The second kappa shape index (κ2) is 5.93. The van der Waals surface area contributed by atoms with Gasteiger partial charge in [0.1, 0.15) is 29.7 Å². The van der Waals surface area contributed by atoms with Gasteiger partial charge in [0.15, 0.2) is 0 Å². The minimum absolute atomic E-state index is 0.519. The topological polar surface area (TPSA) is 70.7 Å². The van der Waals surface area contributed by atoms with Gasteiger partial charge in [0, 0.05) is 23.7 Å². The molecule has 0 aliphatic heterocycles. The van der Waals surface area contributed by atoms with E-state index in [-0.39, 0.29) is 0 Å². The zero-order chi connectivity index (χ0) is 16.5. The Kier molecular flexibility index (Phi) is 3.62. The predicted octanol–water partition coefficient (Wildman–Crippen LogP) is 3.05. The number of nitrogens with zero attached hydrogens (tertiary/aromatic N) is 6. The minimum atomic E-state index is 0.519. The van der Waals surface area contributed by atoms with Crippen LogP contribution in [0.4, 0.5) is 0 Å². The van der Waals surface area contributed by atoms with Crippen LogP contribution in [0.2, 0.25) is 5.02 Å². The Morgan fingerprint density at radius 3 is 2.92 bits per heavy atom. The highest BCUT2D eigenvalue weighted by atomic mass is 35.5. The van der Waals surface area contributed by atoms with E-state index in [0.717, 1.165) is 16.6 Å². The van der Waals surface area contributed by atoms with Gasteiger partial charge >= 0.3 is 0 Å². The maximum absolute atomic E-state index is 6.12. The number of hydrogen-bond donors (Lipinski definition) is 0. The summed E-state index contributed by atoms with van der Waals surface area (Å²) in [6.45, 7) is 0.519. The maximum Gasteiger partial charge on any atom is 0.137 e. The van der Waals surface area contributed by atoms with E-state index in [9.17, 15) is 0 Å². The molecule has 4 rings (SSSR count). The van der Waals surface area contributed by atoms with E-state index in [1.165, 1.54) is 6.33 Å². The molecule has 0 aliphatic rings. The van der Waals surface area contributed by atoms with Crippen molar-refractivity contribution >= 4 is 22.6 Å². The Morgan fingerprint density at radius 1 is 1.17 bits per heavy atom. The maximum atomic E-state index is 6.12. The first-order valence-corrected chi connectivity index (χ1v) is 7.65. The third-order valence-corrected chi connectivity index (χ3v) is 3.87. The Morgan fingerprint density at radius 2 is 2.08 bits per heavy atom. The van der Waals surface area contributed by atoms with E-state index in [0.29, 0.717) is 23.1 Å². The Bertz CT molecular complexity index is 995. The molecular formula is C16H13ClN6O. The van der Waals surface area contributed by atoms with Gasteiger partial charge in [0.25, 0.3) is 0 Å². The molecule has 0 saturated heterocycles. The molecule has 0 unspecified atom stereocenters. The van der Waals surface area contributed by atoms with Crippen molar-refractivity contribution in [3.8, 4) is 11.5 Å². The molecule has 4 aromatic rings. The molecule has 0 aliphatic carbocycles. The largest absolute Gasteiger partial charge is 0.457 e. The molecule has 24 heavy (non-hydrogen) atoms. The number of ether oxygens (including phenoxy) is 1. The van der Waals surface area contributed by atoms with Gasteiger partial charge in [0.2, 0.25) is 0 Å². The number of rotatable bonds is 4. The van der Waals surface area contributed by atoms with Crippen LogP contribution in [0, 0.1) is 0 Å². The molecule has 0 radical (unpaired) electrons. The normalized spacial score (nSPS) is 11.1. The van der Waals surface area contributed by atoms with Crippen LogP contribution < -0.4 is 4.74 Å². The van der Waals surface area contributed by atoms with Gasteiger partial charge in [0.05, 0.1) is 12.1 Å². The van der Waals surface area contributed by atoms with Crippen molar-refractivity contribution in [1.82, 2.24) is 29.8 Å². The van der Waals surface area contributed by atoms with Crippen molar-refractivity contribution in [1.29, 1.82) is 0 Å². The average molecular weight is 341 g/mol. The van der Waals surface area contributed by atoms with Gasteiger partial charge in [-0.1, -0.05) is 16.8 Å². The number of aryl methyl sites for hydroxylation is 1. The second-order valence-corrected chi connectivity index (χ2v) is 5.75. The first-order valence-electron chi connectivity index (χ1n) is 7.27. The van der Waals surface area contributed by atoms with E-state index in [4.69, 9.17) is 16.3 Å². The number of fused-ring (bicyclic) bond motifs is 1. The molecule has 0 bridgehead atoms.